The topological polar surface area (TPSA) is 97.6 Å². The number of ether oxygens (including phenoxy) is 1. The standard InChI is InChI=1S/C19H22N2O5/c1-25-18(23)14-5-3-2-4-6-15(14)21-19(24)20-13-8-9-16-12(11-13)7-10-17(22)26-16/h7-11,14-15H,2-6H2,1H3,(H2,20,21,24)/t14-,15-/m1/s1. The van der Waals surface area contributed by atoms with Crippen LogP contribution in [0.15, 0.2) is 39.5 Å². The Balaban J connectivity index is 1.69. The van der Waals surface area contributed by atoms with Gasteiger partial charge in [-0.15, -0.1) is 0 Å². The maximum absolute atomic E-state index is 12.4. The van der Waals surface area contributed by atoms with E-state index >= 15 is 0 Å². The van der Waals surface area contributed by atoms with Crippen molar-refractivity contribution in [1.29, 1.82) is 0 Å². The number of hydrogen-bond acceptors (Lipinski definition) is 5. The summed E-state index contributed by atoms with van der Waals surface area (Å²) in [4.78, 5) is 35.6. The van der Waals surface area contributed by atoms with Gasteiger partial charge in [0.25, 0.3) is 0 Å². The second-order valence-electron chi connectivity index (χ2n) is 6.48. The molecule has 0 aliphatic heterocycles. The molecule has 7 heteroatoms. The van der Waals surface area contributed by atoms with E-state index in [1.54, 1.807) is 24.3 Å². The predicted octanol–water partition coefficient (Wildman–Crippen LogP) is 3.04. The molecule has 2 amide bonds. The molecule has 26 heavy (non-hydrogen) atoms. The summed E-state index contributed by atoms with van der Waals surface area (Å²) < 4.78 is 9.96. The van der Waals surface area contributed by atoms with Gasteiger partial charge in [-0.05, 0) is 37.1 Å². The van der Waals surface area contributed by atoms with Crippen molar-refractivity contribution >= 4 is 28.7 Å². The molecule has 1 aromatic carbocycles. The van der Waals surface area contributed by atoms with Gasteiger partial charge < -0.3 is 19.8 Å². The lowest BCUT2D eigenvalue weighted by molar-refractivity contribution is -0.146. The van der Waals surface area contributed by atoms with Crippen LogP contribution in [0.1, 0.15) is 32.1 Å². The van der Waals surface area contributed by atoms with E-state index in [1.165, 1.54) is 13.2 Å². The third-order valence-corrected chi connectivity index (χ3v) is 4.71. The van der Waals surface area contributed by atoms with Crippen LogP contribution in [0.4, 0.5) is 10.5 Å². The van der Waals surface area contributed by atoms with Crippen LogP contribution in [0, 0.1) is 5.92 Å². The second kappa shape index (κ2) is 8.03. The van der Waals surface area contributed by atoms with E-state index in [4.69, 9.17) is 9.15 Å². The number of anilines is 1. The largest absolute Gasteiger partial charge is 0.469 e. The Labute approximate surface area is 150 Å². The SMILES string of the molecule is COC(=O)[C@@H]1CCCCC[C@H]1NC(=O)Nc1ccc2oc(=O)ccc2c1. The number of benzene rings is 1. The first-order valence-corrected chi connectivity index (χ1v) is 8.76. The first-order valence-electron chi connectivity index (χ1n) is 8.76. The van der Waals surface area contributed by atoms with Crippen molar-refractivity contribution in [2.45, 2.75) is 38.1 Å². The summed E-state index contributed by atoms with van der Waals surface area (Å²) in [5.41, 5.74) is 0.614. The van der Waals surface area contributed by atoms with E-state index in [1.807, 2.05) is 0 Å². The molecular formula is C19H22N2O5. The van der Waals surface area contributed by atoms with Crippen molar-refractivity contribution in [3.8, 4) is 0 Å². The second-order valence-corrected chi connectivity index (χ2v) is 6.48. The molecule has 2 atom stereocenters. The third-order valence-electron chi connectivity index (χ3n) is 4.71. The summed E-state index contributed by atoms with van der Waals surface area (Å²) in [5.74, 6) is -0.600. The van der Waals surface area contributed by atoms with Gasteiger partial charge >= 0.3 is 17.6 Å². The first-order chi connectivity index (χ1) is 12.6. The average molecular weight is 358 g/mol. The van der Waals surface area contributed by atoms with Crippen molar-refractivity contribution in [1.82, 2.24) is 5.32 Å². The van der Waals surface area contributed by atoms with E-state index in [0.29, 0.717) is 23.1 Å². The molecule has 0 radical (unpaired) electrons. The minimum absolute atomic E-state index is 0.247. The van der Waals surface area contributed by atoms with E-state index in [2.05, 4.69) is 10.6 Å². The number of nitrogens with one attached hydrogen (secondary N) is 2. The van der Waals surface area contributed by atoms with Crippen LogP contribution >= 0.6 is 0 Å². The number of methoxy groups -OCH3 is 1. The zero-order chi connectivity index (χ0) is 18.5. The maximum Gasteiger partial charge on any atom is 0.336 e. The highest BCUT2D eigenvalue weighted by Gasteiger charge is 2.31. The fourth-order valence-electron chi connectivity index (χ4n) is 3.40. The van der Waals surface area contributed by atoms with Gasteiger partial charge in [0.2, 0.25) is 0 Å². The third kappa shape index (κ3) is 4.22. The number of carbonyl (C=O) groups excluding carboxylic acids is 2. The number of esters is 1. The van der Waals surface area contributed by atoms with Crippen LogP contribution in [0.3, 0.4) is 0 Å². The fourth-order valence-corrected chi connectivity index (χ4v) is 3.40. The van der Waals surface area contributed by atoms with Gasteiger partial charge in [-0.1, -0.05) is 19.3 Å². The van der Waals surface area contributed by atoms with Crippen LogP contribution in [0.2, 0.25) is 0 Å². The van der Waals surface area contributed by atoms with Crippen molar-refractivity contribution in [2.24, 2.45) is 5.92 Å². The molecule has 7 nitrogen and oxygen atoms in total. The van der Waals surface area contributed by atoms with Crippen molar-refractivity contribution in [2.75, 3.05) is 12.4 Å². The van der Waals surface area contributed by atoms with Gasteiger partial charge in [-0.2, -0.15) is 0 Å². The molecule has 1 aliphatic rings. The van der Waals surface area contributed by atoms with Gasteiger partial charge in [-0.25, -0.2) is 9.59 Å². The lowest BCUT2D eigenvalue weighted by Gasteiger charge is -2.24. The number of fused-ring (bicyclic) bond motifs is 1. The monoisotopic (exact) mass is 358 g/mol. The first kappa shape index (κ1) is 18.0. The molecule has 1 aromatic heterocycles. The number of rotatable bonds is 3. The number of urea groups is 1. The van der Waals surface area contributed by atoms with Crippen LogP contribution < -0.4 is 16.3 Å². The fraction of sp³-hybridized carbons (Fsp3) is 0.421. The molecule has 2 N–H and O–H groups in total. The molecule has 1 saturated carbocycles. The maximum atomic E-state index is 12.4. The highest BCUT2D eigenvalue weighted by molar-refractivity contribution is 5.92. The van der Waals surface area contributed by atoms with E-state index in [-0.39, 0.29) is 24.0 Å². The normalized spacial score (nSPS) is 20.2. The molecule has 0 bridgehead atoms. The zero-order valence-corrected chi connectivity index (χ0v) is 14.6. The number of carbonyl (C=O) groups is 2. The smallest absolute Gasteiger partial charge is 0.336 e. The van der Waals surface area contributed by atoms with E-state index in [9.17, 15) is 14.4 Å². The minimum Gasteiger partial charge on any atom is -0.469 e. The Bertz CT molecular complexity index is 860. The van der Waals surface area contributed by atoms with E-state index in [0.717, 1.165) is 25.7 Å². The average Bonchev–Trinajstić information content (AvgIpc) is 2.86. The van der Waals surface area contributed by atoms with Crippen LogP contribution in [-0.4, -0.2) is 25.2 Å². The molecule has 1 heterocycles. The van der Waals surface area contributed by atoms with Crippen molar-refractivity contribution in [3.63, 3.8) is 0 Å². The van der Waals surface area contributed by atoms with E-state index < -0.39 is 5.63 Å². The summed E-state index contributed by atoms with van der Waals surface area (Å²) in [7, 11) is 1.37. The minimum atomic E-state index is -0.418. The molecule has 1 aliphatic carbocycles. The summed E-state index contributed by atoms with van der Waals surface area (Å²) >= 11 is 0. The molecule has 0 unspecified atom stereocenters. The van der Waals surface area contributed by atoms with Gasteiger partial charge in [0.1, 0.15) is 5.58 Å². The number of amides is 2. The predicted molar refractivity (Wildman–Crippen MR) is 97.0 cm³/mol. The van der Waals surface area contributed by atoms with Gasteiger partial charge in [0.05, 0.1) is 13.0 Å². The molecular weight excluding hydrogens is 336 g/mol. The quantitative estimate of drug-likeness (QED) is 0.499. The molecule has 0 saturated heterocycles. The molecule has 1 fully saturated rings. The summed E-state index contributed by atoms with van der Waals surface area (Å²) in [6.45, 7) is 0. The van der Waals surface area contributed by atoms with Crippen molar-refractivity contribution < 1.29 is 18.7 Å². The Morgan fingerprint density at radius 1 is 1.12 bits per heavy atom. The summed E-state index contributed by atoms with van der Waals surface area (Å²) in [6.07, 6.45) is 4.43. The van der Waals surface area contributed by atoms with Gasteiger partial charge in [0, 0.05) is 23.2 Å². The molecule has 2 aromatic rings. The summed E-state index contributed by atoms with van der Waals surface area (Å²) in [5, 5.41) is 6.39. The Morgan fingerprint density at radius 3 is 2.73 bits per heavy atom. The lowest BCUT2D eigenvalue weighted by Crippen LogP contribution is -2.45. The van der Waals surface area contributed by atoms with Gasteiger partial charge in [0.15, 0.2) is 0 Å². The van der Waals surface area contributed by atoms with Crippen LogP contribution in [0.25, 0.3) is 11.0 Å². The summed E-state index contributed by atoms with van der Waals surface area (Å²) in [6, 6.07) is 7.38. The van der Waals surface area contributed by atoms with Crippen molar-refractivity contribution in [3.05, 3.63) is 40.8 Å². The Kier molecular flexibility index (Phi) is 5.55. The number of hydrogen-bond donors (Lipinski definition) is 2. The molecule has 138 valence electrons. The highest BCUT2D eigenvalue weighted by atomic mass is 16.5. The van der Waals surface area contributed by atoms with Crippen LogP contribution in [-0.2, 0) is 9.53 Å². The Morgan fingerprint density at radius 2 is 1.92 bits per heavy atom. The Hall–Kier alpha value is -2.83. The van der Waals surface area contributed by atoms with Crippen LogP contribution in [0.5, 0.6) is 0 Å². The lowest BCUT2D eigenvalue weighted by atomic mass is 9.95. The zero-order valence-electron chi connectivity index (χ0n) is 14.6. The molecule has 3 rings (SSSR count). The molecule has 0 spiro atoms. The van der Waals surface area contributed by atoms with Gasteiger partial charge in [-0.3, -0.25) is 4.79 Å². The highest BCUT2D eigenvalue weighted by Crippen LogP contribution is 2.25.